The number of hydrogen-bond donors (Lipinski definition) is 1. The highest BCUT2D eigenvalue weighted by molar-refractivity contribution is 8.02. The van der Waals surface area contributed by atoms with E-state index in [1.54, 1.807) is 40.6 Å². The van der Waals surface area contributed by atoms with Crippen molar-refractivity contribution in [1.82, 2.24) is 9.80 Å². The number of carbonyl (C=O) groups is 3. The van der Waals surface area contributed by atoms with Gasteiger partial charge in [0, 0.05) is 29.6 Å². The number of likely N-dealkylation sites (tertiary alicyclic amines) is 1. The molecule has 0 saturated carbocycles. The fourth-order valence-corrected chi connectivity index (χ4v) is 10.8. The first kappa shape index (κ1) is 35.1. The van der Waals surface area contributed by atoms with Crippen molar-refractivity contribution in [3.05, 3.63) is 49.6 Å². The molecule has 3 unspecified atom stereocenters. The quantitative estimate of drug-likeness (QED) is 0.285. The molecule has 2 bridgehead atoms. The van der Waals surface area contributed by atoms with E-state index in [1.807, 2.05) is 36.1 Å². The van der Waals surface area contributed by atoms with Gasteiger partial charge in [0.05, 0.1) is 35.8 Å². The summed E-state index contributed by atoms with van der Waals surface area (Å²) < 4.78 is 4.82. The van der Waals surface area contributed by atoms with E-state index in [0.29, 0.717) is 18.8 Å². The van der Waals surface area contributed by atoms with Crippen LogP contribution in [0.25, 0.3) is 0 Å². The van der Waals surface area contributed by atoms with Gasteiger partial charge in [0.2, 0.25) is 17.7 Å². The molecule has 9 heteroatoms. The number of aliphatic hydroxyl groups is 1. The molecule has 3 amide bonds. The summed E-state index contributed by atoms with van der Waals surface area (Å²) in [5.41, 5.74) is 0.135. The van der Waals surface area contributed by atoms with Gasteiger partial charge in [-0.05, 0) is 76.1 Å². The monoisotopic (exact) mass is 639 g/mol. The molecule has 248 valence electrons. The van der Waals surface area contributed by atoms with Crippen LogP contribution in [0.5, 0.6) is 5.75 Å². The number of nitrogens with zero attached hydrogens (tertiary/aromatic N) is 3. The van der Waals surface area contributed by atoms with Crippen LogP contribution in [0.4, 0.5) is 5.69 Å². The van der Waals surface area contributed by atoms with Gasteiger partial charge in [-0.3, -0.25) is 14.4 Å². The van der Waals surface area contributed by atoms with Gasteiger partial charge in [-0.1, -0.05) is 39.8 Å². The molecule has 3 heterocycles. The molecule has 3 aliphatic heterocycles. The summed E-state index contributed by atoms with van der Waals surface area (Å²) in [7, 11) is 0. The van der Waals surface area contributed by atoms with Crippen LogP contribution >= 0.6 is 11.8 Å². The average Bonchev–Trinajstić information content (AvgIpc) is 3.56. The summed E-state index contributed by atoms with van der Waals surface area (Å²) >= 11 is 1.65. The Balaban J connectivity index is 1.80. The molecule has 0 aromatic heterocycles. The third-order valence-electron chi connectivity index (χ3n) is 9.75. The first-order valence-electron chi connectivity index (χ1n) is 16.3. The lowest BCUT2D eigenvalue weighted by Crippen LogP contribution is -2.62. The summed E-state index contributed by atoms with van der Waals surface area (Å²) in [4.78, 5) is 49.4. The number of fused-ring (bicyclic) bond motifs is 1. The van der Waals surface area contributed by atoms with Crippen molar-refractivity contribution in [2.45, 2.75) is 95.9 Å². The molecule has 1 spiro atoms. The van der Waals surface area contributed by atoms with Crippen LogP contribution in [0.2, 0.25) is 0 Å². The van der Waals surface area contributed by atoms with Crippen LogP contribution in [0.1, 0.15) is 68.2 Å². The molecule has 4 rings (SSSR count). The second kappa shape index (κ2) is 13.1. The van der Waals surface area contributed by atoms with Crippen LogP contribution in [-0.2, 0) is 14.4 Å². The minimum Gasteiger partial charge on any atom is -0.494 e. The number of carbonyl (C=O) groups excluding carboxylic acids is 3. The number of thioether (sulfide) groups is 1. The Kier molecular flexibility index (Phi) is 10.2. The van der Waals surface area contributed by atoms with E-state index in [9.17, 15) is 14.7 Å². The number of ether oxygens (including phenoxy) is 1. The smallest absolute Gasteiger partial charge is 0.247 e. The van der Waals surface area contributed by atoms with Gasteiger partial charge in [0.25, 0.3) is 0 Å². The number of amides is 3. The highest BCUT2D eigenvalue weighted by Gasteiger charge is 2.77. The van der Waals surface area contributed by atoms with Crippen molar-refractivity contribution in [2.24, 2.45) is 23.2 Å². The lowest BCUT2D eigenvalue weighted by atomic mass is 9.65. The molecule has 1 N–H and O–H groups in total. The van der Waals surface area contributed by atoms with E-state index in [-0.39, 0.29) is 47.5 Å². The Labute approximate surface area is 274 Å². The molecule has 45 heavy (non-hydrogen) atoms. The number of hydrogen-bond acceptors (Lipinski definition) is 6. The van der Waals surface area contributed by atoms with E-state index in [0.717, 1.165) is 18.6 Å². The fourth-order valence-electron chi connectivity index (χ4n) is 8.41. The van der Waals surface area contributed by atoms with Crippen LogP contribution in [-0.4, -0.2) is 86.6 Å². The minimum absolute atomic E-state index is 0.0185. The van der Waals surface area contributed by atoms with Crippen molar-refractivity contribution >= 4 is 35.2 Å². The van der Waals surface area contributed by atoms with Crippen molar-refractivity contribution < 1.29 is 24.2 Å². The first-order chi connectivity index (χ1) is 21.1. The Bertz CT molecular complexity index is 1290. The number of aliphatic hydroxyl groups excluding tert-OH is 1. The lowest BCUT2D eigenvalue weighted by molar-refractivity contribution is -0.149. The summed E-state index contributed by atoms with van der Waals surface area (Å²) in [6, 6.07) is 6.01. The zero-order valence-corrected chi connectivity index (χ0v) is 29.2. The third kappa shape index (κ3) is 6.19. The topological polar surface area (TPSA) is 90.4 Å². The molecule has 8 nitrogen and oxygen atoms in total. The summed E-state index contributed by atoms with van der Waals surface area (Å²) in [6.45, 7) is 25.2. The molecule has 7 atom stereocenters. The predicted molar refractivity (Wildman–Crippen MR) is 182 cm³/mol. The molecular weight excluding hydrogens is 586 g/mol. The standard InChI is InChI=1S/C36H53N3O5S/c1-11-18-37(25-14-16-26(17-15-25)44-13-3)31(41)28-27-20-23(4)36(45-27)29(28)32(42)39(24(5)21-40)30(36)33(43)38(19-12-2)35(9,10)22-34(6,7)8/h11-12,14-17,23-24,27-30,40H,1-2,13,18-22H2,3-10H3/t23?,24-,27+,28-,29+,30?,36?/m1/s1. The van der Waals surface area contributed by atoms with Crippen molar-refractivity contribution in [3.63, 3.8) is 0 Å². The van der Waals surface area contributed by atoms with Crippen LogP contribution < -0.4 is 9.64 Å². The molecule has 1 aromatic carbocycles. The second-order valence-corrected chi connectivity index (χ2v) is 16.3. The predicted octanol–water partition coefficient (Wildman–Crippen LogP) is 5.55. The average molecular weight is 640 g/mol. The highest BCUT2D eigenvalue weighted by atomic mass is 32.2. The van der Waals surface area contributed by atoms with E-state index in [2.05, 4.69) is 54.7 Å². The van der Waals surface area contributed by atoms with E-state index in [1.165, 1.54) is 0 Å². The van der Waals surface area contributed by atoms with Crippen LogP contribution in [0.3, 0.4) is 0 Å². The summed E-state index contributed by atoms with van der Waals surface area (Å²) in [5.74, 6) is -1.04. The summed E-state index contributed by atoms with van der Waals surface area (Å²) in [6.07, 6.45) is 4.92. The number of anilines is 1. The molecule has 0 radical (unpaired) electrons. The summed E-state index contributed by atoms with van der Waals surface area (Å²) in [5, 5.41) is 10.3. The molecule has 1 aromatic rings. The van der Waals surface area contributed by atoms with Crippen molar-refractivity contribution in [1.29, 1.82) is 0 Å². The fraction of sp³-hybridized carbons (Fsp3) is 0.639. The first-order valence-corrected chi connectivity index (χ1v) is 17.2. The van der Waals surface area contributed by atoms with Crippen LogP contribution in [0.15, 0.2) is 49.6 Å². The largest absolute Gasteiger partial charge is 0.494 e. The van der Waals surface area contributed by atoms with E-state index >= 15 is 4.79 Å². The Hall–Kier alpha value is -2.78. The van der Waals surface area contributed by atoms with Gasteiger partial charge in [0.15, 0.2) is 0 Å². The van der Waals surface area contributed by atoms with Gasteiger partial charge in [-0.25, -0.2) is 0 Å². The lowest BCUT2D eigenvalue weighted by Gasteiger charge is -2.47. The maximum atomic E-state index is 15.0. The van der Waals surface area contributed by atoms with Crippen molar-refractivity contribution in [3.8, 4) is 5.75 Å². The second-order valence-electron chi connectivity index (χ2n) is 14.8. The Morgan fingerprint density at radius 3 is 2.29 bits per heavy atom. The van der Waals surface area contributed by atoms with Gasteiger partial charge >= 0.3 is 0 Å². The maximum absolute atomic E-state index is 15.0. The van der Waals surface area contributed by atoms with Crippen molar-refractivity contribution in [2.75, 3.05) is 31.2 Å². The molecule has 0 aliphatic carbocycles. The van der Waals surface area contributed by atoms with Crippen LogP contribution in [0, 0.1) is 23.2 Å². The molecule has 3 aliphatic rings. The highest BCUT2D eigenvalue weighted by Crippen LogP contribution is 2.69. The zero-order valence-electron chi connectivity index (χ0n) is 28.4. The van der Waals surface area contributed by atoms with Gasteiger partial charge in [-0.2, -0.15) is 0 Å². The minimum atomic E-state index is -0.808. The van der Waals surface area contributed by atoms with Gasteiger partial charge in [-0.15, -0.1) is 24.9 Å². The van der Waals surface area contributed by atoms with E-state index in [4.69, 9.17) is 4.74 Å². The van der Waals surface area contributed by atoms with Gasteiger partial charge in [0.1, 0.15) is 11.8 Å². The Morgan fingerprint density at radius 1 is 1.13 bits per heavy atom. The molecule has 3 saturated heterocycles. The SMILES string of the molecule is C=CCN(C(=O)[C@@H]1[C@@H]2CC(C)C3(S2)C(C(=O)N(CC=C)C(C)(C)CC(C)(C)C)N([C@H](C)CO)C(=O)[C@H]13)c1ccc(OCC)cc1. The third-order valence-corrected chi connectivity index (χ3v) is 11.8. The Morgan fingerprint density at radius 2 is 1.76 bits per heavy atom. The molecular formula is C36H53N3O5S. The maximum Gasteiger partial charge on any atom is 0.247 e. The van der Waals surface area contributed by atoms with Gasteiger partial charge < -0.3 is 24.5 Å². The zero-order chi connectivity index (χ0) is 33.5. The number of rotatable bonds is 13. The van der Waals surface area contributed by atoms with E-state index < -0.39 is 34.2 Å². The number of benzene rings is 1. The normalized spacial score (nSPS) is 28.1. The molecule has 3 fully saturated rings.